The van der Waals surface area contributed by atoms with Gasteiger partial charge in [0.15, 0.2) is 11.5 Å². The van der Waals surface area contributed by atoms with Crippen molar-refractivity contribution in [1.82, 2.24) is 19.8 Å². The number of rotatable bonds is 7. The molecule has 0 radical (unpaired) electrons. The number of hydrogen-bond acceptors (Lipinski definition) is 9. The zero-order chi connectivity index (χ0) is 24.9. The molecule has 2 aliphatic rings. The van der Waals surface area contributed by atoms with Crippen LogP contribution in [0.2, 0.25) is 5.28 Å². The number of hydrogen-bond donors (Lipinski definition) is 0. The number of aromatic nitrogens is 2. The Morgan fingerprint density at radius 1 is 1.29 bits per heavy atom. The first kappa shape index (κ1) is 24.9. The number of ether oxygens (including phenoxy) is 3. The zero-order valence-corrected chi connectivity index (χ0v) is 20.1. The number of thioether (sulfide) groups is 1. The minimum Gasteiger partial charge on any atom is -0.490 e. The van der Waals surface area contributed by atoms with E-state index in [1.807, 2.05) is 0 Å². The van der Waals surface area contributed by atoms with E-state index < -0.39 is 17.0 Å². The van der Waals surface area contributed by atoms with Gasteiger partial charge < -0.3 is 19.1 Å². The second-order valence-electron chi connectivity index (χ2n) is 7.29. The Hall–Kier alpha value is -3.22. The van der Waals surface area contributed by atoms with Gasteiger partial charge in [-0.2, -0.15) is 9.37 Å². The summed E-state index contributed by atoms with van der Waals surface area (Å²) in [6.45, 7) is 3.41. The monoisotopic (exact) mass is 522 g/mol. The van der Waals surface area contributed by atoms with E-state index >= 15 is 0 Å². The molecule has 4 rings (SSSR count). The highest BCUT2D eigenvalue weighted by Crippen LogP contribution is 2.36. The topological polar surface area (TPSA) is 111 Å². The van der Waals surface area contributed by atoms with Gasteiger partial charge in [0.1, 0.15) is 6.54 Å². The molecule has 2 saturated heterocycles. The molecule has 3 amide bonds. The molecule has 0 bridgehead atoms. The molecule has 0 aliphatic carbocycles. The van der Waals surface area contributed by atoms with Crippen LogP contribution in [-0.2, 0) is 14.3 Å². The molecule has 2 aliphatic heterocycles. The molecular formula is C22H20ClFN4O6S. The summed E-state index contributed by atoms with van der Waals surface area (Å²) in [6, 6.07) is 4.69. The average molecular weight is 523 g/mol. The third-order valence-corrected chi connectivity index (χ3v) is 6.07. The first-order valence-electron chi connectivity index (χ1n) is 10.6. The van der Waals surface area contributed by atoms with Crippen molar-refractivity contribution in [3.63, 3.8) is 0 Å². The normalized spacial score (nSPS) is 17.3. The Labute approximate surface area is 209 Å². The van der Waals surface area contributed by atoms with Crippen molar-refractivity contribution in [2.24, 2.45) is 0 Å². The first-order valence-corrected chi connectivity index (χ1v) is 11.8. The van der Waals surface area contributed by atoms with Gasteiger partial charge in [0.25, 0.3) is 17.0 Å². The van der Waals surface area contributed by atoms with Gasteiger partial charge in [-0.05, 0) is 54.1 Å². The molecule has 10 nitrogen and oxygen atoms in total. The third-order valence-electron chi connectivity index (χ3n) is 4.99. The van der Waals surface area contributed by atoms with Gasteiger partial charge in [-0.3, -0.25) is 19.3 Å². The van der Waals surface area contributed by atoms with E-state index in [0.717, 1.165) is 22.9 Å². The number of halogens is 2. The molecule has 35 heavy (non-hydrogen) atoms. The van der Waals surface area contributed by atoms with Crippen LogP contribution in [0.4, 0.5) is 9.18 Å². The number of benzene rings is 1. The number of amides is 3. The van der Waals surface area contributed by atoms with Gasteiger partial charge >= 0.3 is 0 Å². The molecule has 1 aromatic heterocycles. The molecular weight excluding hydrogens is 503 g/mol. The van der Waals surface area contributed by atoms with Crippen LogP contribution in [-0.4, -0.2) is 76.3 Å². The van der Waals surface area contributed by atoms with Crippen molar-refractivity contribution >= 4 is 46.5 Å². The van der Waals surface area contributed by atoms with Crippen molar-refractivity contribution in [3.8, 4) is 17.4 Å². The molecule has 2 aromatic rings. The Morgan fingerprint density at radius 3 is 2.80 bits per heavy atom. The van der Waals surface area contributed by atoms with Crippen molar-refractivity contribution in [3.05, 3.63) is 46.0 Å². The smallest absolute Gasteiger partial charge is 0.294 e. The van der Waals surface area contributed by atoms with E-state index in [1.165, 1.54) is 12.1 Å². The lowest BCUT2D eigenvalue weighted by Gasteiger charge is -2.28. The van der Waals surface area contributed by atoms with E-state index in [1.54, 1.807) is 24.0 Å². The van der Waals surface area contributed by atoms with E-state index in [-0.39, 0.29) is 46.6 Å². The van der Waals surface area contributed by atoms with Gasteiger partial charge in [0, 0.05) is 13.1 Å². The predicted molar refractivity (Wildman–Crippen MR) is 125 cm³/mol. The minimum absolute atomic E-state index is 0.162. The van der Waals surface area contributed by atoms with E-state index in [4.69, 9.17) is 25.8 Å². The highest BCUT2D eigenvalue weighted by atomic mass is 35.5. The maximum atomic E-state index is 14.0. The highest BCUT2D eigenvalue weighted by molar-refractivity contribution is 8.18. The van der Waals surface area contributed by atoms with Crippen LogP contribution in [0.25, 0.3) is 6.08 Å². The minimum atomic E-state index is -0.804. The number of nitrogens with zero attached hydrogens (tertiary/aromatic N) is 4. The quantitative estimate of drug-likeness (QED) is 0.399. The molecule has 3 heterocycles. The number of morpholine rings is 1. The van der Waals surface area contributed by atoms with Gasteiger partial charge in [-0.15, -0.1) is 0 Å². The van der Waals surface area contributed by atoms with E-state index in [0.29, 0.717) is 31.9 Å². The molecule has 0 unspecified atom stereocenters. The second kappa shape index (κ2) is 11.0. The number of imide groups is 1. The van der Waals surface area contributed by atoms with Crippen LogP contribution in [0.15, 0.2) is 29.3 Å². The van der Waals surface area contributed by atoms with Crippen LogP contribution in [0, 0.1) is 5.82 Å². The summed E-state index contributed by atoms with van der Waals surface area (Å²) in [5.74, 6) is -1.61. The molecule has 2 fully saturated rings. The van der Waals surface area contributed by atoms with Crippen molar-refractivity contribution < 1.29 is 33.0 Å². The molecule has 0 atom stereocenters. The van der Waals surface area contributed by atoms with Gasteiger partial charge in [-0.25, -0.2) is 4.98 Å². The summed E-state index contributed by atoms with van der Waals surface area (Å²) in [4.78, 5) is 47.6. The molecule has 13 heteroatoms. The summed E-state index contributed by atoms with van der Waals surface area (Å²) < 4.78 is 30.3. The van der Waals surface area contributed by atoms with Gasteiger partial charge in [0.05, 0.1) is 30.9 Å². The lowest BCUT2D eigenvalue weighted by atomic mass is 10.2. The Kier molecular flexibility index (Phi) is 7.83. The lowest BCUT2D eigenvalue weighted by Crippen LogP contribution is -2.46. The molecule has 184 valence electrons. The predicted octanol–water partition coefficient (Wildman–Crippen LogP) is 3.36. The van der Waals surface area contributed by atoms with Crippen LogP contribution in [0.1, 0.15) is 12.5 Å². The number of carbonyl (C=O) groups is 3. The van der Waals surface area contributed by atoms with Gasteiger partial charge in [0.2, 0.25) is 17.0 Å². The van der Waals surface area contributed by atoms with Crippen LogP contribution in [0.5, 0.6) is 17.4 Å². The van der Waals surface area contributed by atoms with Crippen molar-refractivity contribution in [2.75, 3.05) is 39.5 Å². The Morgan fingerprint density at radius 2 is 2.06 bits per heavy atom. The van der Waals surface area contributed by atoms with Crippen molar-refractivity contribution in [1.29, 1.82) is 0 Å². The second-order valence-corrected chi connectivity index (χ2v) is 8.63. The third kappa shape index (κ3) is 5.89. The standard InChI is InChI=1S/C22H20ClFN4O6S/c1-2-33-16-9-13(3-4-15(16)34-19-14(24)11-25-21(23)26-19)10-17-20(30)28(22(31)35-17)12-18(29)27-5-7-32-8-6-27/h3-4,9-11H,2,5-8,12H2,1H3/b17-10+. The summed E-state index contributed by atoms with van der Waals surface area (Å²) in [7, 11) is 0. The molecule has 0 spiro atoms. The molecule has 0 saturated carbocycles. The fourth-order valence-corrected chi connectivity index (χ4v) is 4.27. The van der Waals surface area contributed by atoms with Gasteiger partial charge in [-0.1, -0.05) is 6.07 Å². The highest BCUT2D eigenvalue weighted by Gasteiger charge is 2.37. The lowest BCUT2D eigenvalue weighted by molar-refractivity contribution is -0.139. The van der Waals surface area contributed by atoms with Crippen LogP contribution in [0.3, 0.4) is 0 Å². The van der Waals surface area contributed by atoms with Crippen LogP contribution >= 0.6 is 23.4 Å². The molecule has 0 N–H and O–H groups in total. The summed E-state index contributed by atoms with van der Waals surface area (Å²) >= 11 is 6.46. The summed E-state index contributed by atoms with van der Waals surface area (Å²) in [6.07, 6.45) is 2.40. The fraction of sp³-hybridized carbons (Fsp3) is 0.318. The fourth-order valence-electron chi connectivity index (χ4n) is 3.31. The average Bonchev–Trinajstić information content (AvgIpc) is 3.11. The maximum Gasteiger partial charge on any atom is 0.294 e. The number of carbonyl (C=O) groups excluding carboxylic acids is 3. The molecule has 1 aromatic carbocycles. The Balaban J connectivity index is 1.51. The zero-order valence-electron chi connectivity index (χ0n) is 18.5. The summed E-state index contributed by atoms with van der Waals surface area (Å²) in [5, 5.41) is -0.706. The van der Waals surface area contributed by atoms with Crippen LogP contribution < -0.4 is 9.47 Å². The summed E-state index contributed by atoms with van der Waals surface area (Å²) in [5.41, 5.74) is 0.534. The Bertz CT molecular complexity index is 1190. The van der Waals surface area contributed by atoms with E-state index in [2.05, 4.69) is 9.97 Å². The van der Waals surface area contributed by atoms with Crippen molar-refractivity contribution in [2.45, 2.75) is 6.92 Å². The largest absolute Gasteiger partial charge is 0.490 e. The SMILES string of the molecule is CCOc1cc(/C=C2/SC(=O)N(CC(=O)N3CCOCC3)C2=O)ccc1Oc1nc(Cl)ncc1F. The first-order chi connectivity index (χ1) is 16.9. The maximum absolute atomic E-state index is 14.0. The van der Waals surface area contributed by atoms with E-state index in [9.17, 15) is 18.8 Å².